The smallest absolute Gasteiger partial charge is 0.200 e. The Kier molecular flexibility index (Phi) is 3.55. The Morgan fingerprint density at radius 2 is 1.88 bits per heavy atom. The second-order valence-electron chi connectivity index (χ2n) is 4.62. The van der Waals surface area contributed by atoms with Crippen LogP contribution >= 0.6 is 0 Å². The summed E-state index contributed by atoms with van der Waals surface area (Å²) < 4.78 is 37.4. The fourth-order valence-electron chi connectivity index (χ4n) is 2.57. The molecule has 0 aliphatic heterocycles. The van der Waals surface area contributed by atoms with E-state index in [0.717, 1.165) is 31.2 Å². The summed E-state index contributed by atoms with van der Waals surface area (Å²) in [7, 11) is 0. The van der Waals surface area contributed by atoms with Crippen molar-refractivity contribution < 1.29 is 13.2 Å². The maximum absolute atomic E-state index is 13.1. The minimum Gasteiger partial charge on any atom is -0.200 e. The fraction of sp³-hybridized carbons (Fsp3) is 0.429. The first-order valence-electron chi connectivity index (χ1n) is 5.94. The number of benzene rings is 1. The van der Waals surface area contributed by atoms with E-state index in [4.69, 9.17) is 0 Å². The predicted octanol–water partition coefficient (Wildman–Crippen LogP) is 4.74. The molecule has 0 aromatic heterocycles. The van der Waals surface area contributed by atoms with Crippen molar-refractivity contribution in [1.29, 1.82) is 0 Å². The molecule has 1 aromatic carbocycles. The summed E-state index contributed by atoms with van der Waals surface area (Å²) in [6.07, 6.45) is 1.90. The van der Waals surface area contributed by atoms with Crippen molar-refractivity contribution in [2.24, 2.45) is 5.92 Å². The van der Waals surface area contributed by atoms with Gasteiger partial charge in [0.25, 0.3) is 0 Å². The van der Waals surface area contributed by atoms with Crippen molar-refractivity contribution in [2.75, 3.05) is 0 Å². The van der Waals surface area contributed by atoms with Crippen LogP contribution in [0.1, 0.15) is 36.5 Å². The molecular formula is C14H15F3. The van der Waals surface area contributed by atoms with Crippen molar-refractivity contribution in [3.8, 4) is 0 Å². The molecule has 1 atom stereocenters. The van der Waals surface area contributed by atoms with Crippen LogP contribution in [0.25, 0.3) is 5.83 Å². The van der Waals surface area contributed by atoms with E-state index in [1.165, 1.54) is 11.6 Å². The molecule has 0 amide bonds. The molecule has 0 spiro atoms. The lowest BCUT2D eigenvalue weighted by molar-refractivity contribution is 0.410. The molecule has 3 heteroatoms. The third kappa shape index (κ3) is 2.54. The van der Waals surface area contributed by atoms with Gasteiger partial charge in [-0.3, -0.25) is 0 Å². The monoisotopic (exact) mass is 240 g/mol. The van der Waals surface area contributed by atoms with Crippen LogP contribution in [0, 0.1) is 5.92 Å². The summed E-state index contributed by atoms with van der Waals surface area (Å²) in [6.45, 7) is 2.13. The van der Waals surface area contributed by atoms with Gasteiger partial charge in [-0.1, -0.05) is 31.9 Å². The van der Waals surface area contributed by atoms with E-state index in [1.54, 1.807) is 12.1 Å². The first-order chi connectivity index (χ1) is 8.11. The maximum Gasteiger partial charge on any atom is 0.306 e. The zero-order valence-electron chi connectivity index (χ0n) is 9.77. The Hall–Kier alpha value is -1.25. The normalized spacial score (nSPS) is 18.0. The summed E-state index contributed by atoms with van der Waals surface area (Å²) in [4.78, 5) is 0. The summed E-state index contributed by atoms with van der Waals surface area (Å²) in [5.41, 5.74) is 2.21. The average Bonchev–Trinajstić information content (AvgIpc) is 2.69. The van der Waals surface area contributed by atoms with Crippen LogP contribution < -0.4 is 0 Å². The van der Waals surface area contributed by atoms with Crippen molar-refractivity contribution in [2.45, 2.75) is 32.6 Å². The van der Waals surface area contributed by atoms with Gasteiger partial charge in [0.1, 0.15) is 0 Å². The lowest BCUT2D eigenvalue weighted by Gasteiger charge is -2.04. The zero-order chi connectivity index (χ0) is 12.4. The number of hydrogen-bond acceptors (Lipinski definition) is 0. The van der Waals surface area contributed by atoms with Gasteiger partial charge in [0.2, 0.25) is 0 Å². The summed E-state index contributed by atoms with van der Waals surface area (Å²) in [6, 6.07) is 4.80. The Balaban J connectivity index is 2.24. The van der Waals surface area contributed by atoms with Crippen molar-refractivity contribution in [3.63, 3.8) is 0 Å². The quantitative estimate of drug-likeness (QED) is 0.716. The SMILES string of the molecule is CCCC1Cc2ccc(C(F)=C(F)F)cc2C1. The van der Waals surface area contributed by atoms with Crippen molar-refractivity contribution in [3.05, 3.63) is 41.0 Å². The highest BCUT2D eigenvalue weighted by atomic mass is 19.3. The Morgan fingerprint density at radius 3 is 2.53 bits per heavy atom. The number of fused-ring (bicyclic) bond motifs is 1. The molecule has 0 saturated heterocycles. The maximum atomic E-state index is 13.1. The van der Waals surface area contributed by atoms with Crippen LogP contribution in [0.3, 0.4) is 0 Å². The van der Waals surface area contributed by atoms with E-state index in [2.05, 4.69) is 6.92 Å². The van der Waals surface area contributed by atoms with Gasteiger partial charge >= 0.3 is 6.08 Å². The summed E-state index contributed by atoms with van der Waals surface area (Å²) in [5.74, 6) is -0.806. The molecule has 1 aromatic rings. The Labute approximate surface area is 99.2 Å². The molecule has 0 nitrogen and oxygen atoms in total. The van der Waals surface area contributed by atoms with Crippen LogP contribution in [-0.2, 0) is 12.8 Å². The van der Waals surface area contributed by atoms with E-state index >= 15 is 0 Å². The Morgan fingerprint density at radius 1 is 1.18 bits per heavy atom. The van der Waals surface area contributed by atoms with Gasteiger partial charge in [0, 0.05) is 5.56 Å². The molecule has 92 valence electrons. The summed E-state index contributed by atoms with van der Waals surface area (Å²) >= 11 is 0. The van der Waals surface area contributed by atoms with Gasteiger partial charge in [-0.05, 0) is 36.0 Å². The topological polar surface area (TPSA) is 0 Å². The van der Waals surface area contributed by atoms with Crippen LogP contribution in [0.4, 0.5) is 13.2 Å². The molecule has 0 fully saturated rings. The van der Waals surface area contributed by atoms with E-state index in [0.29, 0.717) is 5.92 Å². The molecule has 0 saturated carbocycles. The number of hydrogen-bond donors (Lipinski definition) is 0. The summed E-state index contributed by atoms with van der Waals surface area (Å²) in [5, 5.41) is 0. The van der Waals surface area contributed by atoms with Crippen LogP contribution in [0.15, 0.2) is 24.3 Å². The third-order valence-corrected chi connectivity index (χ3v) is 3.34. The van der Waals surface area contributed by atoms with Gasteiger partial charge in [0.15, 0.2) is 5.83 Å². The lowest BCUT2D eigenvalue weighted by Crippen LogP contribution is -1.97. The van der Waals surface area contributed by atoms with E-state index in [1.807, 2.05) is 0 Å². The standard InChI is InChI=1S/C14H15F3/c1-2-3-9-6-10-4-5-11(8-12(10)7-9)13(15)14(16)17/h4-5,8-9H,2-3,6-7H2,1H3. The highest BCUT2D eigenvalue weighted by molar-refractivity contribution is 5.61. The van der Waals surface area contributed by atoms with Gasteiger partial charge < -0.3 is 0 Å². The van der Waals surface area contributed by atoms with Gasteiger partial charge in [-0.2, -0.15) is 8.78 Å². The second kappa shape index (κ2) is 4.94. The lowest BCUT2D eigenvalue weighted by atomic mass is 10.0. The molecule has 0 N–H and O–H groups in total. The molecule has 0 heterocycles. The molecular weight excluding hydrogens is 225 g/mol. The van der Waals surface area contributed by atoms with E-state index < -0.39 is 11.9 Å². The van der Waals surface area contributed by atoms with Crippen molar-refractivity contribution in [1.82, 2.24) is 0 Å². The highest BCUT2D eigenvalue weighted by Crippen LogP contribution is 2.32. The number of halogens is 3. The molecule has 0 radical (unpaired) electrons. The largest absolute Gasteiger partial charge is 0.306 e. The molecule has 17 heavy (non-hydrogen) atoms. The zero-order valence-corrected chi connectivity index (χ0v) is 9.77. The first-order valence-corrected chi connectivity index (χ1v) is 5.94. The average molecular weight is 240 g/mol. The minimum atomic E-state index is -2.24. The van der Waals surface area contributed by atoms with Gasteiger partial charge in [-0.15, -0.1) is 0 Å². The molecule has 1 aliphatic rings. The van der Waals surface area contributed by atoms with E-state index in [-0.39, 0.29) is 5.56 Å². The minimum absolute atomic E-state index is 0.000832. The predicted molar refractivity (Wildman–Crippen MR) is 62.5 cm³/mol. The van der Waals surface area contributed by atoms with Gasteiger partial charge in [0.05, 0.1) is 0 Å². The van der Waals surface area contributed by atoms with Gasteiger partial charge in [-0.25, -0.2) is 4.39 Å². The van der Waals surface area contributed by atoms with Crippen molar-refractivity contribution >= 4 is 5.83 Å². The van der Waals surface area contributed by atoms with Crippen LogP contribution in [0.5, 0.6) is 0 Å². The van der Waals surface area contributed by atoms with Crippen LogP contribution in [0.2, 0.25) is 0 Å². The molecule has 2 rings (SSSR count). The first kappa shape index (κ1) is 12.2. The molecule has 1 unspecified atom stereocenters. The number of rotatable bonds is 3. The third-order valence-electron chi connectivity index (χ3n) is 3.34. The fourth-order valence-corrected chi connectivity index (χ4v) is 2.57. The van der Waals surface area contributed by atoms with Crippen LogP contribution in [-0.4, -0.2) is 0 Å². The second-order valence-corrected chi connectivity index (χ2v) is 4.62. The molecule has 1 aliphatic carbocycles. The Bertz CT molecular complexity index is 445. The van der Waals surface area contributed by atoms with E-state index in [9.17, 15) is 13.2 Å². The molecule has 0 bridgehead atoms. The highest BCUT2D eigenvalue weighted by Gasteiger charge is 2.21.